The molecule has 1 aromatic heterocycles. The number of rotatable bonds is 5. The number of aromatic nitrogens is 1. The summed E-state index contributed by atoms with van der Waals surface area (Å²) in [6, 6.07) is 8.08. The summed E-state index contributed by atoms with van der Waals surface area (Å²) in [6.07, 6.45) is 4.57. The lowest BCUT2D eigenvalue weighted by atomic mass is 9.80. The fraction of sp³-hybridized carbons (Fsp3) is 0.389. The number of thioether (sulfide) groups is 1. The maximum Gasteiger partial charge on any atom is 0.454 e. The summed E-state index contributed by atoms with van der Waals surface area (Å²) >= 11 is 1.89. The maximum atomic E-state index is 9.58. The van der Waals surface area contributed by atoms with Crippen LogP contribution in [0.25, 0.3) is 11.1 Å². The van der Waals surface area contributed by atoms with E-state index in [2.05, 4.69) is 11.1 Å². The van der Waals surface area contributed by atoms with E-state index in [0.717, 1.165) is 39.7 Å². The second kappa shape index (κ2) is 7.27. The van der Waals surface area contributed by atoms with Crippen molar-refractivity contribution < 1.29 is 19.2 Å². The lowest BCUT2D eigenvalue weighted by Crippen LogP contribution is -2.31. The van der Waals surface area contributed by atoms with Crippen molar-refractivity contribution in [2.24, 2.45) is 0 Å². The van der Waals surface area contributed by atoms with E-state index in [1.807, 2.05) is 42.4 Å². The predicted octanol–water partition coefficient (Wildman–Crippen LogP) is 2.85. The number of ether oxygens (including phenoxy) is 2. The van der Waals surface area contributed by atoms with E-state index in [9.17, 15) is 5.02 Å². The largest absolute Gasteiger partial charge is 0.493 e. The van der Waals surface area contributed by atoms with Gasteiger partial charge in [0.25, 0.3) is 0 Å². The molecule has 1 atom stereocenters. The van der Waals surface area contributed by atoms with Gasteiger partial charge in [-0.15, -0.1) is 0 Å². The van der Waals surface area contributed by atoms with Crippen LogP contribution < -0.4 is 9.47 Å². The molecule has 130 valence electrons. The molecule has 3 heterocycles. The minimum atomic E-state index is -0.671. The molecule has 0 spiro atoms. The Bertz CT molecular complexity index is 756. The Kier molecular flexibility index (Phi) is 4.88. The summed E-state index contributed by atoms with van der Waals surface area (Å²) in [7, 11) is 0.986. The van der Waals surface area contributed by atoms with Gasteiger partial charge in [-0.3, -0.25) is 4.98 Å². The first kappa shape index (κ1) is 16.8. The van der Waals surface area contributed by atoms with Crippen LogP contribution >= 0.6 is 11.8 Å². The van der Waals surface area contributed by atoms with Gasteiger partial charge in [-0.2, -0.15) is 11.8 Å². The van der Waals surface area contributed by atoms with Gasteiger partial charge < -0.3 is 19.2 Å². The van der Waals surface area contributed by atoms with Crippen molar-refractivity contribution in [3.05, 3.63) is 42.2 Å². The highest BCUT2D eigenvalue weighted by Crippen LogP contribution is 2.36. The van der Waals surface area contributed by atoms with Crippen molar-refractivity contribution in [3.8, 4) is 22.6 Å². The van der Waals surface area contributed by atoms with E-state index < -0.39 is 7.12 Å². The minimum Gasteiger partial charge on any atom is -0.493 e. The highest BCUT2D eigenvalue weighted by atomic mass is 32.2. The molecule has 4 rings (SSSR count). The molecule has 0 radical (unpaired) electrons. The third kappa shape index (κ3) is 3.63. The monoisotopic (exact) mass is 357 g/mol. The number of nitrogens with zero attached hydrogens (tertiary/aromatic N) is 1. The van der Waals surface area contributed by atoms with E-state index in [1.165, 1.54) is 0 Å². The van der Waals surface area contributed by atoms with E-state index in [4.69, 9.17) is 14.1 Å². The zero-order valence-electron chi connectivity index (χ0n) is 14.1. The molecule has 2 aromatic rings. The first-order chi connectivity index (χ1) is 12.2. The van der Waals surface area contributed by atoms with Crippen LogP contribution in [0.5, 0.6) is 11.5 Å². The van der Waals surface area contributed by atoms with E-state index >= 15 is 0 Å². The van der Waals surface area contributed by atoms with Crippen molar-refractivity contribution >= 4 is 18.9 Å². The van der Waals surface area contributed by atoms with Crippen molar-refractivity contribution in [3.63, 3.8) is 0 Å². The quantitative estimate of drug-likeness (QED) is 0.831. The lowest BCUT2D eigenvalue weighted by molar-refractivity contribution is 0.228. The van der Waals surface area contributed by atoms with Gasteiger partial charge in [0.2, 0.25) is 0 Å². The zero-order chi connectivity index (χ0) is 17.2. The third-order valence-corrected chi connectivity index (χ3v) is 5.82. The highest BCUT2D eigenvalue weighted by Gasteiger charge is 2.30. The summed E-state index contributed by atoms with van der Waals surface area (Å²) in [5.41, 5.74) is 3.15. The molecule has 2 saturated heterocycles. The number of hydrogen-bond acceptors (Lipinski definition) is 6. The molecule has 0 amide bonds. The Morgan fingerprint density at radius 1 is 1.20 bits per heavy atom. The zero-order valence-corrected chi connectivity index (χ0v) is 14.9. The lowest BCUT2D eigenvalue weighted by Gasteiger charge is -2.27. The Morgan fingerprint density at radius 2 is 2.08 bits per heavy atom. The summed E-state index contributed by atoms with van der Waals surface area (Å²) in [5, 5.41) is 9.58. The van der Waals surface area contributed by atoms with Crippen molar-refractivity contribution in [1.29, 1.82) is 0 Å². The smallest absolute Gasteiger partial charge is 0.454 e. The normalized spacial score (nSPS) is 20.4. The van der Waals surface area contributed by atoms with Gasteiger partial charge in [0.15, 0.2) is 11.5 Å². The minimum absolute atomic E-state index is 0.184. The van der Waals surface area contributed by atoms with Gasteiger partial charge >= 0.3 is 7.12 Å². The molecule has 0 saturated carbocycles. The number of benzene rings is 1. The third-order valence-electron chi connectivity index (χ3n) is 4.60. The van der Waals surface area contributed by atoms with Crippen LogP contribution in [0.1, 0.15) is 11.5 Å². The van der Waals surface area contributed by atoms with E-state index in [0.29, 0.717) is 12.9 Å². The topological polar surface area (TPSA) is 60.8 Å². The number of hydrogen-bond donors (Lipinski definition) is 1. The fourth-order valence-electron chi connectivity index (χ4n) is 3.09. The second-order valence-electron chi connectivity index (χ2n) is 6.37. The molecule has 1 aromatic carbocycles. The first-order valence-electron chi connectivity index (χ1n) is 8.40. The molecule has 2 fully saturated rings. The number of methoxy groups -OCH3 is 1. The van der Waals surface area contributed by atoms with Crippen molar-refractivity contribution in [2.45, 2.75) is 18.3 Å². The maximum absolute atomic E-state index is 9.58. The van der Waals surface area contributed by atoms with E-state index in [1.54, 1.807) is 7.11 Å². The summed E-state index contributed by atoms with van der Waals surface area (Å²) < 4.78 is 16.8. The molecule has 0 unspecified atom stereocenters. The Morgan fingerprint density at radius 3 is 2.76 bits per heavy atom. The van der Waals surface area contributed by atoms with Crippen LogP contribution in [0.15, 0.2) is 36.7 Å². The van der Waals surface area contributed by atoms with Gasteiger partial charge in [-0.1, -0.05) is 6.07 Å². The molecule has 2 aliphatic heterocycles. The Hall–Kier alpha value is -1.70. The fourth-order valence-corrected chi connectivity index (χ4v) is 3.65. The Labute approximate surface area is 151 Å². The molecule has 5 nitrogen and oxygen atoms in total. The molecule has 2 aliphatic rings. The van der Waals surface area contributed by atoms with Crippen LogP contribution in [0.2, 0.25) is 6.32 Å². The summed E-state index contributed by atoms with van der Waals surface area (Å²) in [5.74, 6) is 3.75. The first-order valence-corrected chi connectivity index (χ1v) is 9.56. The summed E-state index contributed by atoms with van der Waals surface area (Å²) in [4.78, 5) is 4.38. The average Bonchev–Trinajstić information content (AvgIpc) is 3.04. The average molecular weight is 357 g/mol. The summed E-state index contributed by atoms with van der Waals surface area (Å²) in [6.45, 7) is 0.530. The standard InChI is InChI=1S/C18H20BNO4S/c1-22-17-3-2-12(5-18(17)24-16-10-25-11-16)13-4-14(8-20-7-13)15-6-19(21)23-9-15/h2-5,7-8,15-16,21H,6,9-11H2,1H3/t15-/m0/s1. The molecule has 0 bridgehead atoms. The van der Waals surface area contributed by atoms with Gasteiger partial charge in [-0.05, 0) is 35.6 Å². The van der Waals surface area contributed by atoms with Gasteiger partial charge in [-0.25, -0.2) is 0 Å². The molecule has 7 heteroatoms. The molecule has 0 aliphatic carbocycles. The van der Waals surface area contributed by atoms with E-state index in [-0.39, 0.29) is 12.0 Å². The van der Waals surface area contributed by atoms with Gasteiger partial charge in [0.05, 0.1) is 7.11 Å². The van der Waals surface area contributed by atoms with Crippen LogP contribution in [-0.2, 0) is 4.65 Å². The van der Waals surface area contributed by atoms with Gasteiger partial charge in [0, 0.05) is 42.0 Å². The molecular formula is C18H20BNO4S. The van der Waals surface area contributed by atoms with Crippen LogP contribution in [-0.4, -0.2) is 48.5 Å². The molecular weight excluding hydrogens is 337 g/mol. The van der Waals surface area contributed by atoms with Gasteiger partial charge in [0.1, 0.15) is 6.10 Å². The van der Waals surface area contributed by atoms with Crippen LogP contribution in [0.4, 0.5) is 0 Å². The second-order valence-corrected chi connectivity index (χ2v) is 7.45. The molecule has 25 heavy (non-hydrogen) atoms. The highest BCUT2D eigenvalue weighted by molar-refractivity contribution is 8.00. The van der Waals surface area contributed by atoms with Crippen LogP contribution in [0, 0.1) is 0 Å². The predicted molar refractivity (Wildman–Crippen MR) is 99.4 cm³/mol. The van der Waals surface area contributed by atoms with Crippen molar-refractivity contribution in [2.75, 3.05) is 25.2 Å². The molecule has 1 N–H and O–H groups in total. The van der Waals surface area contributed by atoms with Crippen molar-refractivity contribution in [1.82, 2.24) is 4.98 Å². The number of pyridine rings is 1. The SMILES string of the molecule is COc1ccc(-c2cncc([C@@H]3COB(O)C3)c2)cc1OC1CSC1. The van der Waals surface area contributed by atoms with Crippen LogP contribution in [0.3, 0.4) is 0 Å². The Balaban J connectivity index is 1.61.